The Labute approximate surface area is 180 Å². The Morgan fingerprint density at radius 1 is 1.30 bits per heavy atom. The summed E-state index contributed by atoms with van der Waals surface area (Å²) in [6.45, 7) is 5.00. The lowest BCUT2D eigenvalue weighted by molar-refractivity contribution is -0.148. The zero-order valence-corrected chi connectivity index (χ0v) is 18.7. The Morgan fingerprint density at radius 2 is 2.07 bits per heavy atom. The molecule has 0 aromatic carbocycles. The summed E-state index contributed by atoms with van der Waals surface area (Å²) < 4.78 is 16.5. The standard InChI is InChI=1S/C24H36O6/c1-5-6-9-13-24(3,27)14-12-19-20-15-18(10-7-8-11-23(26)28-4)30-22(20)16-21(19)29-17(2)25/h12,14,18-22,27H,7-11,13,15-16H2,1-4H3/t18-,19-,20-,21-,22+,24?/m1/s1. The normalized spacial score (nSPS) is 29.7. The van der Waals surface area contributed by atoms with Crippen molar-refractivity contribution in [1.29, 1.82) is 0 Å². The zero-order chi connectivity index (χ0) is 22.1. The molecule has 1 aliphatic carbocycles. The Bertz CT molecular complexity index is 671. The quantitative estimate of drug-likeness (QED) is 0.252. The maximum absolute atomic E-state index is 11.6. The van der Waals surface area contributed by atoms with E-state index < -0.39 is 5.60 Å². The third-order valence-corrected chi connectivity index (χ3v) is 6.08. The Kier molecular flexibility index (Phi) is 9.38. The summed E-state index contributed by atoms with van der Waals surface area (Å²) in [6, 6.07) is 0. The molecule has 168 valence electrons. The van der Waals surface area contributed by atoms with Crippen LogP contribution in [0.1, 0.15) is 72.1 Å². The van der Waals surface area contributed by atoms with E-state index in [2.05, 4.69) is 16.6 Å². The molecule has 6 heteroatoms. The summed E-state index contributed by atoms with van der Waals surface area (Å²) in [7, 11) is 1.41. The maximum Gasteiger partial charge on any atom is 0.305 e. The summed E-state index contributed by atoms with van der Waals surface area (Å²) in [5.41, 5.74) is -0.949. The first-order valence-corrected chi connectivity index (χ1v) is 11.0. The number of carbonyl (C=O) groups excluding carboxylic acids is 2. The number of ether oxygens (including phenoxy) is 3. The van der Waals surface area contributed by atoms with E-state index in [1.54, 1.807) is 13.8 Å². The smallest absolute Gasteiger partial charge is 0.305 e. The van der Waals surface area contributed by atoms with Crippen molar-refractivity contribution in [2.24, 2.45) is 11.8 Å². The van der Waals surface area contributed by atoms with Crippen molar-refractivity contribution >= 4 is 11.9 Å². The van der Waals surface area contributed by atoms with Crippen LogP contribution in [0.5, 0.6) is 0 Å². The highest BCUT2D eigenvalue weighted by atomic mass is 16.6. The van der Waals surface area contributed by atoms with Gasteiger partial charge in [-0.1, -0.05) is 18.6 Å². The predicted octanol–water partition coefficient (Wildman–Crippen LogP) is 3.56. The van der Waals surface area contributed by atoms with Gasteiger partial charge in [0.1, 0.15) is 6.10 Å². The second-order valence-corrected chi connectivity index (χ2v) is 8.62. The van der Waals surface area contributed by atoms with Crippen LogP contribution in [0.25, 0.3) is 0 Å². The number of aliphatic hydroxyl groups is 1. The van der Waals surface area contributed by atoms with Gasteiger partial charge in [0, 0.05) is 32.1 Å². The van der Waals surface area contributed by atoms with Gasteiger partial charge in [0.05, 0.1) is 24.9 Å². The van der Waals surface area contributed by atoms with E-state index in [1.807, 2.05) is 12.2 Å². The number of carbonyl (C=O) groups is 2. The molecule has 2 fully saturated rings. The molecule has 2 rings (SSSR count). The Morgan fingerprint density at radius 3 is 2.73 bits per heavy atom. The molecule has 1 unspecified atom stereocenters. The van der Waals surface area contributed by atoms with Crippen molar-refractivity contribution in [3.63, 3.8) is 0 Å². The summed E-state index contributed by atoms with van der Waals surface area (Å²) in [5.74, 6) is 5.66. The molecule has 0 bridgehead atoms. The largest absolute Gasteiger partial charge is 0.469 e. The second-order valence-electron chi connectivity index (χ2n) is 8.62. The van der Waals surface area contributed by atoms with Gasteiger partial charge in [-0.3, -0.25) is 9.59 Å². The average Bonchev–Trinajstić information content (AvgIpc) is 3.20. The SMILES string of the molecule is CC#CCCC(C)(O)C=C[C@@H]1[C@H]2C[C@@H](CCCCC(=O)OC)O[C@H]2C[C@H]1OC(C)=O. The van der Waals surface area contributed by atoms with Crippen LogP contribution in [-0.4, -0.2) is 48.1 Å². The average molecular weight is 421 g/mol. The van der Waals surface area contributed by atoms with E-state index in [9.17, 15) is 14.7 Å². The van der Waals surface area contributed by atoms with E-state index >= 15 is 0 Å². The number of methoxy groups -OCH3 is 1. The van der Waals surface area contributed by atoms with Crippen LogP contribution >= 0.6 is 0 Å². The third kappa shape index (κ3) is 7.45. The molecule has 1 heterocycles. The minimum atomic E-state index is -0.949. The molecule has 0 aromatic heterocycles. The number of rotatable bonds is 10. The fourth-order valence-corrected chi connectivity index (χ4v) is 4.53. The lowest BCUT2D eigenvalue weighted by atomic mass is 9.87. The molecule has 0 aromatic rings. The van der Waals surface area contributed by atoms with E-state index in [0.29, 0.717) is 25.7 Å². The van der Waals surface area contributed by atoms with Crippen LogP contribution in [0.15, 0.2) is 12.2 Å². The van der Waals surface area contributed by atoms with Crippen LogP contribution in [0.4, 0.5) is 0 Å². The van der Waals surface area contributed by atoms with E-state index in [1.165, 1.54) is 14.0 Å². The van der Waals surface area contributed by atoms with Crippen molar-refractivity contribution in [3.05, 3.63) is 12.2 Å². The van der Waals surface area contributed by atoms with Crippen molar-refractivity contribution < 1.29 is 28.9 Å². The molecule has 1 aliphatic heterocycles. The summed E-state index contributed by atoms with van der Waals surface area (Å²) in [6.07, 6.45) is 9.68. The van der Waals surface area contributed by atoms with Crippen LogP contribution in [0.3, 0.4) is 0 Å². The van der Waals surface area contributed by atoms with Crippen LogP contribution in [0.2, 0.25) is 0 Å². The van der Waals surface area contributed by atoms with E-state index in [-0.39, 0.29) is 42.1 Å². The molecule has 2 aliphatic rings. The molecule has 1 saturated heterocycles. The van der Waals surface area contributed by atoms with Crippen LogP contribution in [0, 0.1) is 23.7 Å². The molecule has 1 saturated carbocycles. The highest BCUT2D eigenvalue weighted by Crippen LogP contribution is 2.46. The molecule has 1 N–H and O–H groups in total. The molecule has 6 atom stereocenters. The topological polar surface area (TPSA) is 82.1 Å². The molecule has 0 spiro atoms. The minimum absolute atomic E-state index is 0.0303. The van der Waals surface area contributed by atoms with Gasteiger partial charge in [-0.05, 0) is 45.4 Å². The van der Waals surface area contributed by atoms with Gasteiger partial charge >= 0.3 is 11.9 Å². The summed E-state index contributed by atoms with van der Waals surface area (Å²) in [4.78, 5) is 22.8. The van der Waals surface area contributed by atoms with Gasteiger partial charge in [-0.15, -0.1) is 11.8 Å². The van der Waals surface area contributed by atoms with Crippen molar-refractivity contribution in [1.82, 2.24) is 0 Å². The maximum atomic E-state index is 11.6. The predicted molar refractivity (Wildman–Crippen MR) is 113 cm³/mol. The van der Waals surface area contributed by atoms with Gasteiger partial charge < -0.3 is 19.3 Å². The monoisotopic (exact) mass is 420 g/mol. The number of hydrogen-bond acceptors (Lipinski definition) is 6. The Balaban J connectivity index is 1.95. The van der Waals surface area contributed by atoms with E-state index in [0.717, 1.165) is 25.7 Å². The van der Waals surface area contributed by atoms with Gasteiger partial charge in [-0.25, -0.2) is 0 Å². The highest BCUT2D eigenvalue weighted by molar-refractivity contribution is 5.69. The van der Waals surface area contributed by atoms with Gasteiger partial charge in [0.15, 0.2) is 0 Å². The third-order valence-electron chi connectivity index (χ3n) is 6.08. The summed E-state index contributed by atoms with van der Waals surface area (Å²) >= 11 is 0. The fraction of sp³-hybridized carbons (Fsp3) is 0.750. The molecule has 30 heavy (non-hydrogen) atoms. The molecular weight excluding hydrogens is 384 g/mol. The molecule has 0 amide bonds. The molecular formula is C24H36O6. The fourth-order valence-electron chi connectivity index (χ4n) is 4.53. The van der Waals surface area contributed by atoms with Crippen molar-refractivity contribution in [3.8, 4) is 11.8 Å². The van der Waals surface area contributed by atoms with Crippen LogP contribution in [-0.2, 0) is 23.8 Å². The minimum Gasteiger partial charge on any atom is -0.469 e. The highest BCUT2D eigenvalue weighted by Gasteiger charge is 2.49. The van der Waals surface area contributed by atoms with Crippen molar-refractivity contribution in [2.45, 2.75) is 96.1 Å². The lowest BCUT2D eigenvalue weighted by Gasteiger charge is -2.23. The first-order chi connectivity index (χ1) is 14.3. The lowest BCUT2D eigenvalue weighted by Crippen LogP contribution is -2.26. The van der Waals surface area contributed by atoms with Gasteiger partial charge in [0.25, 0.3) is 0 Å². The molecule has 0 radical (unpaired) electrons. The number of unbranched alkanes of at least 4 members (excludes halogenated alkanes) is 1. The van der Waals surface area contributed by atoms with Crippen LogP contribution < -0.4 is 0 Å². The molecule has 6 nitrogen and oxygen atoms in total. The second kappa shape index (κ2) is 11.5. The number of hydrogen-bond donors (Lipinski definition) is 1. The van der Waals surface area contributed by atoms with Gasteiger partial charge in [-0.2, -0.15) is 0 Å². The first kappa shape index (κ1) is 24.4. The van der Waals surface area contributed by atoms with Gasteiger partial charge in [0.2, 0.25) is 0 Å². The Hall–Kier alpha value is -1.84. The first-order valence-electron chi connectivity index (χ1n) is 11.0. The number of esters is 2. The van der Waals surface area contributed by atoms with E-state index in [4.69, 9.17) is 9.47 Å². The van der Waals surface area contributed by atoms with Crippen molar-refractivity contribution in [2.75, 3.05) is 7.11 Å². The number of fused-ring (bicyclic) bond motifs is 1. The zero-order valence-electron chi connectivity index (χ0n) is 18.7. The summed E-state index contributed by atoms with van der Waals surface area (Å²) in [5, 5.41) is 10.6.